The van der Waals surface area contributed by atoms with Crippen LogP contribution in [0.15, 0.2) is 72.1 Å². The number of benzene rings is 2. The lowest BCUT2D eigenvalue weighted by Crippen LogP contribution is -2.38. The molecule has 0 N–H and O–H groups in total. The summed E-state index contributed by atoms with van der Waals surface area (Å²) in [5, 5.41) is 19.6. The second-order valence-corrected chi connectivity index (χ2v) is 8.51. The third kappa shape index (κ3) is 3.04. The standard InChI is InChI=1S/C21H19N3O2S/c1-3-18-13-21(14-22,15-23)20(17-7-5-4-6-8-17)24(18)27(25,26)19-11-9-16(2)10-12-19/h3-12,18,20H,1,13H2,2H3. The summed E-state index contributed by atoms with van der Waals surface area (Å²) in [4.78, 5) is 0.132. The largest absolute Gasteiger partial charge is 0.244 e. The fraction of sp³-hybridized carbons (Fsp3) is 0.238. The van der Waals surface area contributed by atoms with Gasteiger partial charge in [0.2, 0.25) is 10.0 Å². The molecule has 2 unspecified atom stereocenters. The van der Waals surface area contributed by atoms with E-state index in [1.807, 2.05) is 13.0 Å². The Hall–Kier alpha value is -2.93. The van der Waals surface area contributed by atoms with E-state index in [0.717, 1.165) is 5.56 Å². The number of hydrogen-bond donors (Lipinski definition) is 0. The van der Waals surface area contributed by atoms with Crippen LogP contribution in [0, 0.1) is 35.0 Å². The van der Waals surface area contributed by atoms with Crippen LogP contribution in [0.25, 0.3) is 0 Å². The van der Waals surface area contributed by atoms with E-state index in [2.05, 4.69) is 18.7 Å². The highest BCUT2D eigenvalue weighted by Gasteiger charge is 2.57. The molecule has 0 saturated carbocycles. The van der Waals surface area contributed by atoms with Crippen molar-refractivity contribution < 1.29 is 8.42 Å². The van der Waals surface area contributed by atoms with Crippen LogP contribution in [0.1, 0.15) is 23.6 Å². The summed E-state index contributed by atoms with van der Waals surface area (Å²) in [6.45, 7) is 5.63. The van der Waals surface area contributed by atoms with Gasteiger partial charge in [0.25, 0.3) is 0 Å². The minimum absolute atomic E-state index is 0.0775. The molecule has 0 bridgehead atoms. The van der Waals surface area contributed by atoms with Gasteiger partial charge in [0.05, 0.1) is 23.1 Å². The lowest BCUT2D eigenvalue weighted by Gasteiger charge is -2.30. The number of sulfonamides is 1. The van der Waals surface area contributed by atoms with Gasteiger partial charge < -0.3 is 0 Å². The van der Waals surface area contributed by atoms with Gasteiger partial charge in [-0.25, -0.2) is 8.42 Å². The summed E-state index contributed by atoms with van der Waals surface area (Å²) >= 11 is 0. The number of nitrogens with zero attached hydrogens (tertiary/aromatic N) is 3. The number of aryl methyl sites for hydroxylation is 1. The highest BCUT2D eigenvalue weighted by Crippen LogP contribution is 2.52. The van der Waals surface area contributed by atoms with Crippen LogP contribution < -0.4 is 0 Å². The summed E-state index contributed by atoms with van der Waals surface area (Å²) in [5.41, 5.74) is 0.0668. The molecule has 6 heteroatoms. The summed E-state index contributed by atoms with van der Waals surface area (Å²) in [6, 6.07) is 18.0. The fourth-order valence-electron chi connectivity index (χ4n) is 3.58. The van der Waals surface area contributed by atoms with Crippen LogP contribution in [0.3, 0.4) is 0 Å². The number of nitriles is 2. The van der Waals surface area contributed by atoms with Crippen molar-refractivity contribution in [3.05, 3.63) is 78.4 Å². The first-order chi connectivity index (χ1) is 12.9. The van der Waals surface area contributed by atoms with E-state index in [1.54, 1.807) is 48.5 Å². The monoisotopic (exact) mass is 377 g/mol. The van der Waals surface area contributed by atoms with E-state index in [-0.39, 0.29) is 11.3 Å². The zero-order chi connectivity index (χ0) is 19.7. The summed E-state index contributed by atoms with van der Waals surface area (Å²) in [7, 11) is -3.95. The van der Waals surface area contributed by atoms with Crippen LogP contribution in [0.4, 0.5) is 0 Å². The van der Waals surface area contributed by atoms with Gasteiger partial charge in [0, 0.05) is 12.5 Å². The molecule has 0 amide bonds. The first-order valence-electron chi connectivity index (χ1n) is 8.50. The van der Waals surface area contributed by atoms with E-state index in [4.69, 9.17) is 0 Å². The molecule has 2 atom stereocenters. The molecule has 2 aromatic carbocycles. The molecule has 2 aromatic rings. The SMILES string of the molecule is C=CC1CC(C#N)(C#N)C(c2ccccc2)N1S(=O)(=O)c1ccc(C)cc1. The quantitative estimate of drug-likeness (QED) is 0.760. The van der Waals surface area contributed by atoms with Crippen molar-refractivity contribution in [2.45, 2.75) is 30.3 Å². The molecular formula is C21H19N3O2S. The van der Waals surface area contributed by atoms with Crippen molar-refractivity contribution in [1.29, 1.82) is 10.5 Å². The Morgan fingerprint density at radius 1 is 1.11 bits per heavy atom. The van der Waals surface area contributed by atoms with Crippen molar-refractivity contribution in [2.24, 2.45) is 5.41 Å². The summed E-state index contributed by atoms with van der Waals surface area (Å²) < 4.78 is 28.2. The van der Waals surface area contributed by atoms with E-state index in [1.165, 1.54) is 10.4 Å². The molecule has 1 heterocycles. The number of hydrogen-bond acceptors (Lipinski definition) is 4. The predicted octanol–water partition coefficient (Wildman–Crippen LogP) is 3.72. The van der Waals surface area contributed by atoms with Gasteiger partial charge in [-0.2, -0.15) is 14.8 Å². The molecule has 136 valence electrons. The van der Waals surface area contributed by atoms with Crippen LogP contribution in [0.5, 0.6) is 0 Å². The molecule has 0 aliphatic carbocycles. The minimum Gasteiger partial charge on any atom is -0.207 e. The smallest absolute Gasteiger partial charge is 0.207 e. The molecular weight excluding hydrogens is 358 g/mol. The van der Waals surface area contributed by atoms with Crippen LogP contribution in [-0.2, 0) is 10.0 Å². The van der Waals surface area contributed by atoms with Crippen LogP contribution in [-0.4, -0.2) is 18.8 Å². The van der Waals surface area contributed by atoms with Gasteiger partial charge in [-0.3, -0.25) is 0 Å². The van der Waals surface area contributed by atoms with Crippen molar-refractivity contribution in [3.8, 4) is 12.1 Å². The van der Waals surface area contributed by atoms with Crippen molar-refractivity contribution in [2.75, 3.05) is 0 Å². The molecule has 1 aliphatic rings. The average Bonchev–Trinajstić information content (AvgIpc) is 3.05. The molecule has 1 fully saturated rings. The van der Waals surface area contributed by atoms with Gasteiger partial charge in [-0.15, -0.1) is 6.58 Å². The molecule has 0 aromatic heterocycles. The molecule has 5 nitrogen and oxygen atoms in total. The lowest BCUT2D eigenvalue weighted by molar-refractivity contribution is 0.318. The topological polar surface area (TPSA) is 85.0 Å². The Balaban J connectivity index is 2.24. The molecule has 3 rings (SSSR count). The highest BCUT2D eigenvalue weighted by molar-refractivity contribution is 7.89. The van der Waals surface area contributed by atoms with Gasteiger partial charge in [-0.1, -0.05) is 54.1 Å². The van der Waals surface area contributed by atoms with Crippen LogP contribution >= 0.6 is 0 Å². The van der Waals surface area contributed by atoms with Crippen LogP contribution in [0.2, 0.25) is 0 Å². The Morgan fingerprint density at radius 3 is 2.22 bits per heavy atom. The van der Waals surface area contributed by atoms with Crippen molar-refractivity contribution in [1.82, 2.24) is 4.31 Å². The Bertz CT molecular complexity index is 1020. The van der Waals surface area contributed by atoms with Gasteiger partial charge in [-0.05, 0) is 24.6 Å². The second-order valence-electron chi connectivity index (χ2n) is 6.66. The highest BCUT2D eigenvalue weighted by atomic mass is 32.2. The Labute approximate surface area is 159 Å². The second kappa shape index (κ2) is 7.00. The van der Waals surface area contributed by atoms with E-state index in [9.17, 15) is 18.9 Å². The number of rotatable bonds is 4. The van der Waals surface area contributed by atoms with Gasteiger partial charge in [0.1, 0.15) is 0 Å². The van der Waals surface area contributed by atoms with Crippen molar-refractivity contribution >= 4 is 10.0 Å². The molecule has 0 radical (unpaired) electrons. The zero-order valence-electron chi connectivity index (χ0n) is 14.9. The average molecular weight is 377 g/mol. The fourth-order valence-corrected chi connectivity index (χ4v) is 5.40. The maximum Gasteiger partial charge on any atom is 0.244 e. The summed E-state index contributed by atoms with van der Waals surface area (Å²) in [6.07, 6.45) is 1.58. The maximum atomic E-state index is 13.5. The minimum atomic E-state index is -3.95. The predicted molar refractivity (Wildman–Crippen MR) is 102 cm³/mol. The third-order valence-corrected chi connectivity index (χ3v) is 6.87. The summed E-state index contributed by atoms with van der Waals surface area (Å²) in [5.74, 6) is 0. The molecule has 0 spiro atoms. The zero-order valence-corrected chi connectivity index (χ0v) is 15.7. The molecule has 1 aliphatic heterocycles. The van der Waals surface area contributed by atoms with E-state index >= 15 is 0 Å². The van der Waals surface area contributed by atoms with Gasteiger partial charge in [0.15, 0.2) is 5.41 Å². The van der Waals surface area contributed by atoms with E-state index < -0.39 is 27.5 Å². The Kier molecular flexibility index (Phi) is 4.89. The first-order valence-corrected chi connectivity index (χ1v) is 9.94. The third-order valence-electron chi connectivity index (χ3n) is 4.96. The lowest BCUT2D eigenvalue weighted by atomic mass is 9.79. The maximum absolute atomic E-state index is 13.5. The van der Waals surface area contributed by atoms with Gasteiger partial charge >= 0.3 is 0 Å². The molecule has 1 saturated heterocycles. The van der Waals surface area contributed by atoms with Crippen molar-refractivity contribution in [3.63, 3.8) is 0 Å². The molecule has 27 heavy (non-hydrogen) atoms. The normalized spacial score (nSPS) is 21.9. The van der Waals surface area contributed by atoms with E-state index in [0.29, 0.717) is 5.56 Å². The Morgan fingerprint density at radius 2 is 1.70 bits per heavy atom. The first kappa shape index (κ1) is 18.8.